The van der Waals surface area contributed by atoms with Crippen LogP contribution in [0.3, 0.4) is 0 Å². The van der Waals surface area contributed by atoms with Gasteiger partial charge in [0, 0.05) is 8.80 Å². The number of hydrogen-bond donors (Lipinski definition) is 0. The van der Waals surface area contributed by atoms with Crippen LogP contribution < -0.4 is 0 Å². The minimum atomic E-state index is -1.10. The lowest BCUT2D eigenvalue weighted by Gasteiger charge is -2.00. The second-order valence-electron chi connectivity index (χ2n) is 4.13. The second-order valence-corrected chi connectivity index (χ2v) is 12.4. The fraction of sp³-hybridized carbons (Fsp3) is 0.750. The highest BCUT2D eigenvalue weighted by atomic mass is 28.3. The molecule has 0 amide bonds. The van der Waals surface area contributed by atoms with Gasteiger partial charge >= 0.3 is 0 Å². The molecule has 0 rings (SSSR count). The molecule has 0 fully saturated rings. The molecule has 0 N–H and O–H groups in total. The predicted octanol–water partition coefficient (Wildman–Crippen LogP) is 2.60. The van der Waals surface area contributed by atoms with Crippen molar-refractivity contribution in [3.8, 4) is 12.0 Å². The molecule has 2 heteroatoms. The van der Waals surface area contributed by atoms with Gasteiger partial charge in [-0.15, -0.1) is 12.0 Å². The zero-order valence-corrected chi connectivity index (χ0v) is 10.3. The Kier molecular flexibility index (Phi) is 7.28. The van der Waals surface area contributed by atoms with E-state index in [0.717, 1.165) is 0 Å². The fourth-order valence-electron chi connectivity index (χ4n) is 0. The van der Waals surface area contributed by atoms with Gasteiger partial charge in [0.2, 0.25) is 0 Å². The first-order chi connectivity index (χ1) is 4.29. The van der Waals surface area contributed by atoms with Crippen LogP contribution in [0.2, 0.25) is 39.3 Å². The molecule has 60 valence electrons. The van der Waals surface area contributed by atoms with Crippen LogP contribution in [-0.4, -0.2) is 16.9 Å². The first kappa shape index (κ1) is 12.7. The van der Waals surface area contributed by atoms with Gasteiger partial charge in [0.1, 0.15) is 8.07 Å². The molecule has 0 aliphatic rings. The third-order valence-corrected chi connectivity index (χ3v) is 1.30. The van der Waals surface area contributed by atoms with Crippen LogP contribution >= 0.6 is 0 Å². The minimum absolute atomic E-state index is 0.139. The van der Waals surface area contributed by atoms with Crippen molar-refractivity contribution in [2.75, 3.05) is 0 Å². The van der Waals surface area contributed by atoms with E-state index in [9.17, 15) is 0 Å². The lowest BCUT2D eigenvalue weighted by Crippen LogP contribution is -2.15. The maximum Gasteiger partial charge on any atom is 0.128 e. The first-order valence-corrected chi connectivity index (χ1v) is 10.7. The lowest BCUT2D eigenvalue weighted by atomic mass is 11.4. The minimum Gasteiger partial charge on any atom is -0.135 e. The van der Waals surface area contributed by atoms with E-state index in [2.05, 4.69) is 44.8 Å². The fourth-order valence-corrected chi connectivity index (χ4v) is 0. The summed E-state index contributed by atoms with van der Waals surface area (Å²) in [6.45, 7) is 13.4. The number of hydrogen-bond acceptors (Lipinski definition) is 0. The summed E-state index contributed by atoms with van der Waals surface area (Å²) in [6.07, 6.45) is 5.12. The van der Waals surface area contributed by atoms with Crippen molar-refractivity contribution in [1.29, 1.82) is 0 Å². The van der Waals surface area contributed by atoms with Crippen molar-refractivity contribution in [3.63, 3.8) is 0 Å². The van der Waals surface area contributed by atoms with Crippen LogP contribution in [0.15, 0.2) is 0 Å². The summed E-state index contributed by atoms with van der Waals surface area (Å²) in [7, 11) is -1.24. The van der Waals surface area contributed by atoms with Gasteiger partial charge < -0.3 is 0 Å². The van der Waals surface area contributed by atoms with E-state index >= 15 is 0 Å². The Bertz CT molecular complexity index is 101. The zero-order chi connectivity index (χ0) is 8.78. The highest BCUT2D eigenvalue weighted by Gasteiger charge is 2.05. The molecule has 0 saturated heterocycles. The molecule has 0 atom stereocenters. The van der Waals surface area contributed by atoms with Gasteiger partial charge in [-0.05, 0) is 0 Å². The average Bonchev–Trinajstić information content (AvgIpc) is 1.63. The van der Waals surface area contributed by atoms with Gasteiger partial charge in [-0.1, -0.05) is 39.3 Å². The maximum absolute atomic E-state index is 5.12. The molecule has 0 aliphatic heterocycles. The predicted molar refractivity (Wildman–Crippen MR) is 56.9 cm³/mol. The summed E-state index contributed by atoms with van der Waals surface area (Å²) in [5.74, 6) is 0. The topological polar surface area (TPSA) is 0 Å². The first-order valence-electron chi connectivity index (χ1n) is 3.77. The molecule has 0 radical (unpaired) electrons. The van der Waals surface area contributed by atoms with E-state index in [1.807, 2.05) is 0 Å². The van der Waals surface area contributed by atoms with Crippen LogP contribution in [0.25, 0.3) is 0 Å². The molecule has 0 bridgehead atoms. The van der Waals surface area contributed by atoms with Crippen LogP contribution in [0, 0.1) is 12.0 Å². The van der Waals surface area contributed by atoms with E-state index in [1.54, 1.807) is 0 Å². The quantitative estimate of drug-likeness (QED) is 0.389. The van der Waals surface area contributed by atoms with E-state index < -0.39 is 8.07 Å². The third-order valence-electron chi connectivity index (χ3n) is 0.433. The van der Waals surface area contributed by atoms with Gasteiger partial charge in [-0.25, -0.2) is 0 Å². The second kappa shape index (κ2) is 5.75. The van der Waals surface area contributed by atoms with Crippen molar-refractivity contribution >= 4 is 16.9 Å². The molecular weight excluding hydrogens is 152 g/mol. The summed E-state index contributed by atoms with van der Waals surface area (Å²) in [4.78, 5) is 0. The monoisotopic (exact) mass is 172 g/mol. The van der Waals surface area contributed by atoms with E-state index in [-0.39, 0.29) is 8.80 Å². The van der Waals surface area contributed by atoms with E-state index in [4.69, 9.17) is 6.42 Å². The Balaban J connectivity index is 0. The molecule has 10 heavy (non-hydrogen) atoms. The van der Waals surface area contributed by atoms with E-state index in [0.29, 0.717) is 0 Å². The Labute approximate surface area is 68.7 Å². The smallest absolute Gasteiger partial charge is 0.128 e. The average molecular weight is 172 g/mol. The van der Waals surface area contributed by atoms with Crippen LogP contribution in [0.5, 0.6) is 0 Å². The summed E-state index contributed by atoms with van der Waals surface area (Å²) < 4.78 is 0. The van der Waals surface area contributed by atoms with E-state index in [1.165, 1.54) is 0 Å². The van der Waals surface area contributed by atoms with Gasteiger partial charge in [-0.2, -0.15) is 0 Å². The summed E-state index contributed by atoms with van der Waals surface area (Å²) in [6, 6.07) is 0. The number of rotatable bonds is 0. The summed E-state index contributed by atoms with van der Waals surface area (Å²) in [5, 5.41) is 0. The largest absolute Gasteiger partial charge is 0.135 e. The molecule has 0 saturated carbocycles. The van der Waals surface area contributed by atoms with Gasteiger partial charge in [0.25, 0.3) is 0 Å². The standard InChI is InChI=1S/C5H10Si.C3H10Si/c1-5-6(2,3)4;1-4(2)3/h1H,2-4H3;4H,1-3H3. The van der Waals surface area contributed by atoms with Crippen molar-refractivity contribution < 1.29 is 0 Å². The van der Waals surface area contributed by atoms with Crippen molar-refractivity contribution in [2.24, 2.45) is 0 Å². The molecule has 0 aliphatic carbocycles. The molecule has 0 spiro atoms. The van der Waals surface area contributed by atoms with Gasteiger partial charge in [0.15, 0.2) is 0 Å². The SMILES string of the molecule is C#C[Si](C)(C)C.C[SiH](C)C. The highest BCUT2D eigenvalue weighted by molar-refractivity contribution is 6.83. The molecule has 0 aromatic heterocycles. The van der Waals surface area contributed by atoms with Crippen molar-refractivity contribution in [1.82, 2.24) is 0 Å². The maximum atomic E-state index is 5.12. The lowest BCUT2D eigenvalue weighted by molar-refractivity contribution is 1.82. The molecule has 0 aromatic carbocycles. The van der Waals surface area contributed by atoms with Crippen LogP contribution in [-0.2, 0) is 0 Å². The van der Waals surface area contributed by atoms with Gasteiger partial charge in [0.05, 0.1) is 0 Å². The highest BCUT2D eigenvalue weighted by Crippen LogP contribution is 1.94. The molecule has 0 nitrogen and oxygen atoms in total. The Morgan fingerprint density at radius 3 is 1.20 bits per heavy atom. The molecule has 0 heterocycles. The zero-order valence-electron chi connectivity index (χ0n) is 8.15. The molecule has 0 unspecified atom stereocenters. The Morgan fingerprint density at radius 2 is 1.20 bits per heavy atom. The third kappa shape index (κ3) is 43.6. The Hall–Kier alpha value is -0.00623. The van der Waals surface area contributed by atoms with Gasteiger partial charge in [-0.3, -0.25) is 0 Å². The molecular formula is C8H20Si2. The summed E-state index contributed by atoms with van der Waals surface area (Å²) >= 11 is 0. The number of terminal acetylenes is 1. The van der Waals surface area contributed by atoms with Crippen molar-refractivity contribution in [3.05, 3.63) is 0 Å². The van der Waals surface area contributed by atoms with Crippen LogP contribution in [0.1, 0.15) is 0 Å². The Morgan fingerprint density at radius 1 is 1.10 bits per heavy atom. The summed E-state index contributed by atoms with van der Waals surface area (Å²) in [5.41, 5.74) is 2.74. The normalized spacial score (nSPS) is 9.80. The van der Waals surface area contributed by atoms with Crippen molar-refractivity contribution in [2.45, 2.75) is 39.3 Å². The molecule has 0 aromatic rings. The van der Waals surface area contributed by atoms with Crippen LogP contribution in [0.4, 0.5) is 0 Å².